The minimum absolute atomic E-state index is 0.168. The van der Waals surface area contributed by atoms with E-state index < -0.39 is 0 Å². The van der Waals surface area contributed by atoms with Crippen LogP contribution >= 0.6 is 0 Å². The van der Waals surface area contributed by atoms with Crippen LogP contribution in [0.3, 0.4) is 0 Å². The van der Waals surface area contributed by atoms with Crippen LogP contribution in [-0.2, 0) is 6.54 Å². The number of benzene rings is 2. The third-order valence-corrected chi connectivity index (χ3v) is 5.69. The number of rotatable bonds is 7. The molecule has 1 saturated heterocycles. The maximum Gasteiger partial charge on any atom is 0.269 e. The largest absolute Gasteiger partial charge is 0.493 e. The predicted molar refractivity (Wildman–Crippen MR) is 106 cm³/mol. The molecule has 0 bridgehead atoms. The first-order chi connectivity index (χ1) is 13.5. The van der Waals surface area contributed by atoms with Crippen LogP contribution in [0.4, 0.5) is 5.69 Å². The molecule has 0 unspecified atom stereocenters. The van der Waals surface area contributed by atoms with Gasteiger partial charge >= 0.3 is 0 Å². The van der Waals surface area contributed by atoms with Gasteiger partial charge in [0.25, 0.3) is 5.69 Å². The summed E-state index contributed by atoms with van der Waals surface area (Å²) in [5, 5.41) is 11.0. The van der Waals surface area contributed by atoms with Gasteiger partial charge in [0.05, 0.1) is 19.1 Å². The molecule has 2 aromatic carbocycles. The van der Waals surface area contributed by atoms with E-state index in [0.29, 0.717) is 0 Å². The number of nitro groups is 1. The van der Waals surface area contributed by atoms with Crippen molar-refractivity contribution >= 4 is 5.69 Å². The van der Waals surface area contributed by atoms with Gasteiger partial charge in [0.2, 0.25) is 0 Å². The molecule has 0 aliphatic carbocycles. The molecule has 7 nitrogen and oxygen atoms in total. The smallest absolute Gasteiger partial charge is 0.269 e. The molecule has 1 aliphatic heterocycles. The summed E-state index contributed by atoms with van der Waals surface area (Å²) in [5.41, 5.74) is 2.44. The Morgan fingerprint density at radius 3 is 2.39 bits per heavy atom. The van der Waals surface area contributed by atoms with Crippen molar-refractivity contribution in [2.24, 2.45) is 0 Å². The highest BCUT2D eigenvalue weighted by molar-refractivity contribution is 5.42. The lowest BCUT2D eigenvalue weighted by Crippen LogP contribution is -3.27. The van der Waals surface area contributed by atoms with E-state index in [9.17, 15) is 10.1 Å². The summed E-state index contributed by atoms with van der Waals surface area (Å²) < 4.78 is 10.7. The first-order valence-corrected chi connectivity index (χ1v) is 9.65. The van der Waals surface area contributed by atoms with Crippen molar-refractivity contribution in [3.63, 3.8) is 0 Å². The Balaban J connectivity index is 1.58. The SMILES string of the molecule is COc1ccc(C[NH+]2CC[NH+]([C@H](C)c3cccc([N+](=O)[O-])c3)CC2)cc1OC. The highest BCUT2D eigenvalue weighted by Gasteiger charge is 2.28. The second-order valence-electron chi connectivity index (χ2n) is 7.35. The standard InChI is InChI=1S/C21H27N3O4/c1-16(18-5-4-6-19(14-18)24(25)26)23-11-9-22(10-12-23)15-17-7-8-20(27-2)21(13-17)28-3/h4-8,13-14,16H,9-12,15H2,1-3H3/p+2/t16-/m1/s1. The van der Waals surface area contributed by atoms with Gasteiger partial charge in [-0.1, -0.05) is 12.1 Å². The van der Waals surface area contributed by atoms with Crippen LogP contribution in [0.15, 0.2) is 42.5 Å². The second-order valence-corrected chi connectivity index (χ2v) is 7.35. The molecular weight excluding hydrogens is 358 g/mol. The predicted octanol–water partition coefficient (Wildman–Crippen LogP) is 0.657. The summed E-state index contributed by atoms with van der Waals surface area (Å²) in [7, 11) is 3.30. The van der Waals surface area contributed by atoms with Gasteiger partial charge < -0.3 is 19.3 Å². The molecule has 1 fully saturated rings. The number of nitrogens with one attached hydrogen (secondary N) is 2. The Kier molecular flexibility index (Phi) is 6.49. The minimum atomic E-state index is -0.323. The second kappa shape index (κ2) is 9.03. The molecule has 2 aromatic rings. The highest BCUT2D eigenvalue weighted by Crippen LogP contribution is 2.27. The molecule has 150 valence electrons. The Morgan fingerprint density at radius 1 is 1.04 bits per heavy atom. The number of hydrogen-bond donors (Lipinski definition) is 2. The Labute approximate surface area is 165 Å². The van der Waals surface area contributed by atoms with E-state index in [0.717, 1.165) is 49.8 Å². The van der Waals surface area contributed by atoms with Crippen LogP contribution in [0.5, 0.6) is 11.5 Å². The van der Waals surface area contributed by atoms with Gasteiger partial charge in [-0.2, -0.15) is 0 Å². The topological polar surface area (TPSA) is 70.5 Å². The quantitative estimate of drug-likeness (QED) is 0.541. The van der Waals surface area contributed by atoms with Gasteiger partial charge in [-0.15, -0.1) is 0 Å². The molecule has 28 heavy (non-hydrogen) atoms. The van der Waals surface area contributed by atoms with Crippen molar-refractivity contribution in [2.45, 2.75) is 19.5 Å². The van der Waals surface area contributed by atoms with Crippen molar-refractivity contribution in [3.8, 4) is 11.5 Å². The van der Waals surface area contributed by atoms with E-state index in [1.54, 1.807) is 37.3 Å². The van der Waals surface area contributed by atoms with Crippen LogP contribution in [0, 0.1) is 10.1 Å². The molecule has 0 saturated carbocycles. The number of methoxy groups -OCH3 is 2. The first-order valence-electron chi connectivity index (χ1n) is 9.65. The Hall–Kier alpha value is -2.64. The van der Waals surface area contributed by atoms with Crippen LogP contribution in [-0.4, -0.2) is 45.3 Å². The first kappa shape index (κ1) is 20.1. The van der Waals surface area contributed by atoms with Crippen molar-refractivity contribution in [3.05, 3.63) is 63.7 Å². The molecule has 7 heteroatoms. The zero-order valence-corrected chi connectivity index (χ0v) is 16.7. The van der Waals surface area contributed by atoms with E-state index in [4.69, 9.17) is 9.47 Å². The molecule has 0 radical (unpaired) electrons. The molecule has 0 aromatic heterocycles. The van der Waals surface area contributed by atoms with E-state index >= 15 is 0 Å². The zero-order chi connectivity index (χ0) is 20.1. The molecule has 3 rings (SSSR count). The van der Waals surface area contributed by atoms with Gasteiger partial charge in [-0.05, 0) is 25.1 Å². The van der Waals surface area contributed by atoms with Crippen molar-refractivity contribution in [2.75, 3.05) is 40.4 Å². The summed E-state index contributed by atoms with van der Waals surface area (Å²) in [6, 6.07) is 13.4. The van der Waals surface area contributed by atoms with Crippen molar-refractivity contribution < 1.29 is 24.2 Å². The fraction of sp³-hybridized carbons (Fsp3) is 0.429. The van der Waals surface area contributed by atoms with Crippen LogP contribution in [0.25, 0.3) is 0 Å². The van der Waals surface area contributed by atoms with Gasteiger partial charge in [-0.25, -0.2) is 0 Å². The number of quaternary nitrogens is 2. The number of non-ortho nitro benzene ring substituents is 1. The normalized spacial score (nSPS) is 20.4. The summed E-state index contributed by atoms with van der Waals surface area (Å²) in [6.45, 7) is 7.36. The minimum Gasteiger partial charge on any atom is -0.493 e. The number of ether oxygens (including phenoxy) is 2. The van der Waals surface area contributed by atoms with Crippen LogP contribution in [0.2, 0.25) is 0 Å². The summed E-state index contributed by atoms with van der Waals surface area (Å²) in [6.07, 6.45) is 0. The van der Waals surface area contributed by atoms with Crippen molar-refractivity contribution in [1.29, 1.82) is 0 Å². The van der Waals surface area contributed by atoms with Gasteiger partial charge in [0, 0.05) is 23.3 Å². The molecule has 1 atom stereocenters. The highest BCUT2D eigenvalue weighted by atomic mass is 16.6. The Bertz CT molecular complexity index is 819. The van der Waals surface area contributed by atoms with Crippen molar-refractivity contribution in [1.82, 2.24) is 0 Å². The zero-order valence-electron chi connectivity index (χ0n) is 16.7. The van der Waals surface area contributed by atoms with E-state index in [1.807, 2.05) is 12.1 Å². The summed E-state index contributed by atoms with van der Waals surface area (Å²) in [5.74, 6) is 1.52. The van der Waals surface area contributed by atoms with E-state index in [2.05, 4.69) is 19.1 Å². The average Bonchev–Trinajstić information content (AvgIpc) is 2.73. The number of hydrogen-bond acceptors (Lipinski definition) is 4. The molecular formula is C21H29N3O4+2. The van der Waals surface area contributed by atoms with Gasteiger partial charge in [0.15, 0.2) is 11.5 Å². The molecule has 1 heterocycles. The summed E-state index contributed by atoms with van der Waals surface area (Å²) >= 11 is 0. The third-order valence-electron chi connectivity index (χ3n) is 5.69. The van der Waals surface area contributed by atoms with E-state index in [-0.39, 0.29) is 16.7 Å². The maximum atomic E-state index is 11.0. The molecule has 0 amide bonds. The Morgan fingerprint density at radius 2 is 1.75 bits per heavy atom. The monoisotopic (exact) mass is 387 g/mol. The number of piperazine rings is 1. The summed E-state index contributed by atoms with van der Waals surface area (Å²) in [4.78, 5) is 13.7. The molecule has 0 spiro atoms. The maximum absolute atomic E-state index is 11.0. The fourth-order valence-corrected chi connectivity index (χ4v) is 3.96. The van der Waals surface area contributed by atoms with E-state index in [1.165, 1.54) is 10.5 Å². The number of nitro benzene ring substituents is 1. The van der Waals surface area contributed by atoms with Crippen LogP contribution < -0.4 is 19.3 Å². The lowest BCUT2D eigenvalue weighted by Gasteiger charge is -2.33. The fourth-order valence-electron chi connectivity index (χ4n) is 3.96. The third kappa shape index (κ3) is 4.61. The average molecular weight is 387 g/mol. The van der Waals surface area contributed by atoms with Gasteiger partial charge in [0.1, 0.15) is 38.8 Å². The van der Waals surface area contributed by atoms with Crippen LogP contribution in [0.1, 0.15) is 24.1 Å². The molecule has 1 aliphatic rings. The molecule has 2 N–H and O–H groups in total. The number of nitrogens with zero attached hydrogens (tertiary/aromatic N) is 1. The lowest BCUT2D eigenvalue weighted by molar-refractivity contribution is -1.03. The van der Waals surface area contributed by atoms with Gasteiger partial charge in [-0.3, -0.25) is 10.1 Å². The lowest BCUT2D eigenvalue weighted by atomic mass is 10.1.